The van der Waals surface area contributed by atoms with E-state index in [2.05, 4.69) is 39.9 Å². The third-order valence-electron chi connectivity index (χ3n) is 3.38. The van der Waals surface area contributed by atoms with Crippen LogP contribution in [-0.2, 0) is 4.79 Å². The number of carbonyl (C=O) groups is 1. The molecule has 0 aliphatic heterocycles. The topological polar surface area (TPSA) is 55.1 Å². The highest BCUT2D eigenvalue weighted by molar-refractivity contribution is 5.77. The van der Waals surface area contributed by atoms with Crippen LogP contribution in [0.3, 0.4) is 0 Å². The molecule has 0 spiro atoms. The highest BCUT2D eigenvalue weighted by Crippen LogP contribution is 2.39. The molecule has 1 aliphatic carbocycles. The van der Waals surface area contributed by atoms with Crippen LogP contribution in [0.1, 0.15) is 60.3 Å². The average molecular weight is 240 g/mol. The van der Waals surface area contributed by atoms with Crippen LogP contribution in [0, 0.1) is 11.3 Å². The lowest BCUT2D eigenvalue weighted by Gasteiger charge is -2.28. The van der Waals surface area contributed by atoms with Gasteiger partial charge in [0.25, 0.3) is 0 Å². The van der Waals surface area contributed by atoms with Crippen molar-refractivity contribution in [2.75, 3.05) is 0 Å². The lowest BCUT2D eigenvalue weighted by molar-refractivity contribution is -0.123. The first-order valence-electron chi connectivity index (χ1n) is 6.67. The first-order chi connectivity index (χ1) is 7.60. The molecule has 0 aromatic heterocycles. The SMILES string of the molecule is CC(C)(C)CC(N)CC(=O)NC(C)(C)C1CC1. The van der Waals surface area contributed by atoms with E-state index in [0.717, 1.165) is 6.42 Å². The van der Waals surface area contributed by atoms with E-state index in [4.69, 9.17) is 5.73 Å². The van der Waals surface area contributed by atoms with E-state index in [1.165, 1.54) is 12.8 Å². The van der Waals surface area contributed by atoms with Crippen molar-refractivity contribution < 1.29 is 4.79 Å². The summed E-state index contributed by atoms with van der Waals surface area (Å²) in [7, 11) is 0. The van der Waals surface area contributed by atoms with E-state index in [-0.39, 0.29) is 22.9 Å². The summed E-state index contributed by atoms with van der Waals surface area (Å²) in [5, 5.41) is 3.12. The molecule has 0 heterocycles. The third kappa shape index (κ3) is 5.53. The first-order valence-corrected chi connectivity index (χ1v) is 6.67. The van der Waals surface area contributed by atoms with Crippen LogP contribution in [0.2, 0.25) is 0 Å². The van der Waals surface area contributed by atoms with Crippen LogP contribution in [0.25, 0.3) is 0 Å². The standard InChI is InChI=1S/C14H28N2O/c1-13(2,3)9-11(15)8-12(17)16-14(4,5)10-6-7-10/h10-11H,6-9,15H2,1-5H3,(H,16,17). The summed E-state index contributed by atoms with van der Waals surface area (Å²) in [5.41, 5.74) is 6.14. The van der Waals surface area contributed by atoms with Crippen LogP contribution < -0.4 is 11.1 Å². The molecule has 1 atom stereocenters. The van der Waals surface area contributed by atoms with Crippen LogP contribution in [-0.4, -0.2) is 17.5 Å². The molecule has 0 aromatic rings. The Hall–Kier alpha value is -0.570. The largest absolute Gasteiger partial charge is 0.351 e. The maximum Gasteiger partial charge on any atom is 0.221 e. The zero-order chi connectivity index (χ0) is 13.3. The van der Waals surface area contributed by atoms with Gasteiger partial charge in [-0.15, -0.1) is 0 Å². The second kappa shape index (κ2) is 4.97. The quantitative estimate of drug-likeness (QED) is 0.775. The Morgan fingerprint density at radius 3 is 2.24 bits per heavy atom. The fourth-order valence-corrected chi connectivity index (χ4v) is 2.41. The lowest BCUT2D eigenvalue weighted by atomic mass is 9.87. The number of hydrogen-bond donors (Lipinski definition) is 2. The summed E-state index contributed by atoms with van der Waals surface area (Å²) in [4.78, 5) is 11.9. The van der Waals surface area contributed by atoms with E-state index in [9.17, 15) is 4.79 Å². The molecule has 3 N–H and O–H groups in total. The van der Waals surface area contributed by atoms with Crippen molar-refractivity contribution in [1.82, 2.24) is 5.32 Å². The van der Waals surface area contributed by atoms with Gasteiger partial charge in [-0.25, -0.2) is 0 Å². The lowest BCUT2D eigenvalue weighted by Crippen LogP contribution is -2.47. The van der Waals surface area contributed by atoms with Crippen LogP contribution in [0.5, 0.6) is 0 Å². The smallest absolute Gasteiger partial charge is 0.221 e. The van der Waals surface area contributed by atoms with Crippen molar-refractivity contribution in [2.24, 2.45) is 17.1 Å². The Morgan fingerprint density at radius 1 is 1.29 bits per heavy atom. The number of nitrogens with one attached hydrogen (secondary N) is 1. The van der Waals surface area contributed by atoms with Crippen LogP contribution in [0.15, 0.2) is 0 Å². The van der Waals surface area contributed by atoms with Gasteiger partial charge in [0.1, 0.15) is 0 Å². The zero-order valence-electron chi connectivity index (χ0n) is 12.0. The molecule has 3 nitrogen and oxygen atoms in total. The van der Waals surface area contributed by atoms with Gasteiger partial charge >= 0.3 is 0 Å². The number of carbonyl (C=O) groups excluding carboxylic acids is 1. The van der Waals surface area contributed by atoms with Crippen molar-refractivity contribution >= 4 is 5.91 Å². The molecule has 17 heavy (non-hydrogen) atoms. The van der Waals surface area contributed by atoms with E-state index in [1.54, 1.807) is 0 Å². The van der Waals surface area contributed by atoms with Crippen LogP contribution >= 0.6 is 0 Å². The predicted octanol–water partition coefficient (Wildman–Crippen LogP) is 2.44. The second-order valence-corrected chi connectivity index (χ2v) is 7.27. The van der Waals surface area contributed by atoms with E-state index in [1.807, 2.05) is 0 Å². The van der Waals surface area contributed by atoms with Gasteiger partial charge in [0.05, 0.1) is 0 Å². The van der Waals surface area contributed by atoms with Crippen molar-refractivity contribution in [1.29, 1.82) is 0 Å². The molecule has 1 amide bonds. The molecule has 1 saturated carbocycles. The van der Waals surface area contributed by atoms with E-state index >= 15 is 0 Å². The van der Waals surface area contributed by atoms with E-state index < -0.39 is 0 Å². The van der Waals surface area contributed by atoms with Crippen molar-refractivity contribution in [3.8, 4) is 0 Å². The summed E-state index contributed by atoms with van der Waals surface area (Å²) in [6, 6.07) is -0.0370. The maximum atomic E-state index is 11.9. The highest BCUT2D eigenvalue weighted by atomic mass is 16.1. The normalized spacial score (nSPS) is 18.9. The molecule has 3 heteroatoms. The number of rotatable bonds is 5. The van der Waals surface area contributed by atoms with Crippen molar-refractivity contribution in [3.05, 3.63) is 0 Å². The molecule has 1 aliphatic rings. The average Bonchev–Trinajstić information content (AvgIpc) is 2.77. The Balaban J connectivity index is 2.33. The molecule has 1 fully saturated rings. The van der Waals surface area contributed by atoms with Gasteiger partial charge in [-0.3, -0.25) is 4.79 Å². The number of nitrogens with two attached hydrogens (primary N) is 1. The van der Waals surface area contributed by atoms with E-state index in [0.29, 0.717) is 12.3 Å². The van der Waals surface area contributed by atoms with Gasteiger partial charge in [-0.2, -0.15) is 0 Å². The minimum Gasteiger partial charge on any atom is -0.351 e. The fraction of sp³-hybridized carbons (Fsp3) is 0.929. The maximum absolute atomic E-state index is 11.9. The molecule has 0 aromatic carbocycles. The van der Waals surface area contributed by atoms with Gasteiger partial charge < -0.3 is 11.1 Å². The number of amides is 1. The summed E-state index contributed by atoms with van der Waals surface area (Å²) in [6.45, 7) is 10.7. The van der Waals surface area contributed by atoms with Gasteiger partial charge in [-0.1, -0.05) is 20.8 Å². The predicted molar refractivity (Wildman–Crippen MR) is 71.6 cm³/mol. The van der Waals surface area contributed by atoms with Crippen LogP contribution in [0.4, 0.5) is 0 Å². The summed E-state index contributed by atoms with van der Waals surface area (Å²) >= 11 is 0. The molecule has 0 radical (unpaired) electrons. The van der Waals surface area contributed by atoms with Gasteiger partial charge in [0.2, 0.25) is 5.91 Å². The summed E-state index contributed by atoms with van der Waals surface area (Å²) in [6.07, 6.45) is 3.79. The fourth-order valence-electron chi connectivity index (χ4n) is 2.41. The molecule has 0 saturated heterocycles. The van der Waals surface area contributed by atoms with Crippen molar-refractivity contribution in [3.63, 3.8) is 0 Å². The molecule has 100 valence electrons. The van der Waals surface area contributed by atoms with Gasteiger partial charge in [-0.05, 0) is 44.4 Å². The zero-order valence-corrected chi connectivity index (χ0v) is 12.0. The number of hydrogen-bond acceptors (Lipinski definition) is 2. The highest BCUT2D eigenvalue weighted by Gasteiger charge is 2.38. The Labute approximate surface area is 106 Å². The molecule has 1 rings (SSSR count). The Kier molecular flexibility index (Phi) is 4.23. The Bertz CT molecular complexity index is 274. The molecule has 1 unspecified atom stereocenters. The first kappa shape index (κ1) is 14.5. The minimum absolute atomic E-state index is 0.0370. The summed E-state index contributed by atoms with van der Waals surface area (Å²) in [5.74, 6) is 0.754. The Morgan fingerprint density at radius 2 is 1.82 bits per heavy atom. The van der Waals surface area contributed by atoms with Crippen molar-refractivity contribution in [2.45, 2.75) is 71.9 Å². The molecular weight excluding hydrogens is 212 g/mol. The monoisotopic (exact) mass is 240 g/mol. The third-order valence-corrected chi connectivity index (χ3v) is 3.38. The second-order valence-electron chi connectivity index (χ2n) is 7.27. The van der Waals surface area contributed by atoms with Gasteiger partial charge in [0.15, 0.2) is 0 Å². The molecular formula is C14H28N2O. The molecule has 0 bridgehead atoms. The summed E-state index contributed by atoms with van der Waals surface area (Å²) < 4.78 is 0. The minimum atomic E-state index is -0.0570. The van der Waals surface area contributed by atoms with Gasteiger partial charge in [0, 0.05) is 18.0 Å².